The van der Waals surface area contributed by atoms with Crippen molar-refractivity contribution in [2.24, 2.45) is 0 Å². The van der Waals surface area contributed by atoms with Gasteiger partial charge in [0.15, 0.2) is 0 Å². The number of rotatable bonds is 4. The minimum Gasteiger partial charge on any atom is -0.354 e. The highest BCUT2D eigenvalue weighted by atomic mass is 79.9. The zero-order valence-corrected chi connectivity index (χ0v) is 12.2. The number of halogens is 1. The van der Waals surface area contributed by atoms with Gasteiger partial charge < -0.3 is 5.32 Å². The minimum absolute atomic E-state index is 0.710. The van der Waals surface area contributed by atoms with Crippen molar-refractivity contribution in [1.29, 1.82) is 0 Å². The van der Waals surface area contributed by atoms with Gasteiger partial charge in [-0.25, -0.2) is 9.97 Å². The van der Waals surface area contributed by atoms with E-state index in [9.17, 15) is 0 Å². The summed E-state index contributed by atoms with van der Waals surface area (Å²) in [5.41, 5.74) is 1.95. The fraction of sp³-hybridized carbons (Fsp3) is 0.333. The molecule has 0 atom stereocenters. The molecule has 0 saturated heterocycles. The maximum absolute atomic E-state index is 4.53. The van der Waals surface area contributed by atoms with Crippen molar-refractivity contribution in [2.45, 2.75) is 20.3 Å². The fourth-order valence-corrected chi connectivity index (χ4v) is 3.01. The molecule has 0 bridgehead atoms. The van der Waals surface area contributed by atoms with Gasteiger partial charge in [-0.2, -0.15) is 0 Å². The van der Waals surface area contributed by atoms with E-state index in [1.165, 1.54) is 0 Å². The summed E-state index contributed by atoms with van der Waals surface area (Å²) in [6.45, 7) is 5.01. The van der Waals surface area contributed by atoms with Gasteiger partial charge in [0.2, 0.25) is 5.95 Å². The van der Waals surface area contributed by atoms with Crippen molar-refractivity contribution in [3.8, 4) is 10.6 Å². The highest BCUT2D eigenvalue weighted by molar-refractivity contribution is 9.10. The number of nitrogens with zero attached hydrogens (tertiary/aromatic N) is 2. The van der Waals surface area contributed by atoms with Gasteiger partial charge >= 0.3 is 0 Å². The molecule has 0 amide bonds. The Morgan fingerprint density at radius 2 is 2.24 bits per heavy atom. The number of anilines is 1. The van der Waals surface area contributed by atoms with Crippen LogP contribution >= 0.6 is 27.3 Å². The van der Waals surface area contributed by atoms with E-state index in [0.29, 0.717) is 5.95 Å². The Balaban J connectivity index is 2.35. The van der Waals surface area contributed by atoms with Crippen LogP contribution in [0.15, 0.2) is 22.0 Å². The van der Waals surface area contributed by atoms with E-state index in [0.717, 1.165) is 33.7 Å². The topological polar surface area (TPSA) is 37.8 Å². The third kappa shape index (κ3) is 3.04. The zero-order valence-electron chi connectivity index (χ0n) is 9.83. The van der Waals surface area contributed by atoms with Crippen LogP contribution in [0, 0.1) is 6.92 Å². The largest absolute Gasteiger partial charge is 0.354 e. The quantitative estimate of drug-likeness (QED) is 0.923. The molecule has 2 rings (SSSR count). The van der Waals surface area contributed by atoms with Gasteiger partial charge in [0.25, 0.3) is 0 Å². The first-order chi connectivity index (χ1) is 8.20. The maximum Gasteiger partial charge on any atom is 0.223 e. The third-order valence-corrected chi connectivity index (χ3v) is 4.10. The molecule has 0 aliphatic rings. The van der Waals surface area contributed by atoms with Gasteiger partial charge in [-0.05, 0) is 46.8 Å². The normalized spacial score (nSPS) is 10.5. The molecular formula is C12H14BrN3S. The second-order valence-corrected chi connectivity index (χ2v) is 5.51. The van der Waals surface area contributed by atoms with Crippen molar-refractivity contribution >= 4 is 33.2 Å². The first kappa shape index (κ1) is 12.5. The molecule has 90 valence electrons. The first-order valence-corrected chi connectivity index (χ1v) is 7.21. The van der Waals surface area contributed by atoms with E-state index in [2.05, 4.69) is 43.5 Å². The van der Waals surface area contributed by atoms with Crippen LogP contribution in [0.1, 0.15) is 19.0 Å². The lowest BCUT2D eigenvalue weighted by Crippen LogP contribution is -2.05. The van der Waals surface area contributed by atoms with Crippen LogP contribution in [0.25, 0.3) is 10.6 Å². The summed E-state index contributed by atoms with van der Waals surface area (Å²) in [5.74, 6) is 0.710. The summed E-state index contributed by atoms with van der Waals surface area (Å²) >= 11 is 5.21. The molecule has 3 nitrogen and oxygen atoms in total. The summed E-state index contributed by atoms with van der Waals surface area (Å²) in [6, 6.07) is 4.05. The van der Waals surface area contributed by atoms with E-state index >= 15 is 0 Å². The summed E-state index contributed by atoms with van der Waals surface area (Å²) in [7, 11) is 0. The molecule has 0 aliphatic heterocycles. The van der Waals surface area contributed by atoms with Crippen LogP contribution in [-0.2, 0) is 0 Å². The summed E-state index contributed by atoms with van der Waals surface area (Å²) in [6.07, 6.45) is 1.06. The lowest BCUT2D eigenvalue weighted by molar-refractivity contribution is 0.947. The molecule has 17 heavy (non-hydrogen) atoms. The number of nitrogens with one attached hydrogen (secondary N) is 1. The molecule has 2 aromatic heterocycles. The van der Waals surface area contributed by atoms with E-state index in [1.807, 2.05) is 19.1 Å². The van der Waals surface area contributed by atoms with Crippen LogP contribution in [0.3, 0.4) is 0 Å². The Kier molecular flexibility index (Phi) is 4.12. The molecule has 0 aliphatic carbocycles. The Bertz CT molecular complexity index is 510. The lowest BCUT2D eigenvalue weighted by atomic mass is 10.3. The maximum atomic E-state index is 4.53. The molecule has 1 N–H and O–H groups in total. The average molecular weight is 312 g/mol. The molecule has 0 aromatic carbocycles. The Morgan fingerprint density at radius 3 is 2.88 bits per heavy atom. The van der Waals surface area contributed by atoms with E-state index in [1.54, 1.807) is 11.3 Å². The van der Waals surface area contributed by atoms with Crippen molar-refractivity contribution in [3.63, 3.8) is 0 Å². The van der Waals surface area contributed by atoms with Gasteiger partial charge in [-0.3, -0.25) is 0 Å². The molecule has 2 heterocycles. The minimum atomic E-state index is 0.710. The molecule has 0 spiro atoms. The molecule has 0 fully saturated rings. The van der Waals surface area contributed by atoms with Crippen molar-refractivity contribution < 1.29 is 0 Å². The summed E-state index contributed by atoms with van der Waals surface area (Å²) < 4.78 is 1.09. The highest BCUT2D eigenvalue weighted by Gasteiger charge is 2.08. The molecule has 0 unspecified atom stereocenters. The summed E-state index contributed by atoms with van der Waals surface area (Å²) in [5, 5.41) is 5.28. The monoisotopic (exact) mass is 311 g/mol. The van der Waals surface area contributed by atoms with E-state index in [-0.39, 0.29) is 0 Å². The van der Waals surface area contributed by atoms with Gasteiger partial charge in [0, 0.05) is 16.7 Å². The lowest BCUT2D eigenvalue weighted by Gasteiger charge is -2.06. The van der Waals surface area contributed by atoms with Crippen LogP contribution in [0.2, 0.25) is 0 Å². The molecule has 0 saturated carbocycles. The van der Waals surface area contributed by atoms with Crippen LogP contribution in [0.5, 0.6) is 0 Å². The predicted molar refractivity (Wildman–Crippen MR) is 76.6 cm³/mol. The Morgan fingerprint density at radius 1 is 1.41 bits per heavy atom. The third-order valence-electron chi connectivity index (χ3n) is 2.24. The average Bonchev–Trinajstić information content (AvgIpc) is 2.72. The second kappa shape index (κ2) is 5.60. The van der Waals surface area contributed by atoms with Crippen LogP contribution in [-0.4, -0.2) is 16.5 Å². The summed E-state index contributed by atoms with van der Waals surface area (Å²) in [4.78, 5) is 10.1. The molecular weight excluding hydrogens is 298 g/mol. The number of hydrogen-bond acceptors (Lipinski definition) is 4. The predicted octanol–water partition coefficient (Wildman–Crippen LogP) is 4.10. The van der Waals surface area contributed by atoms with Gasteiger partial charge in [-0.15, -0.1) is 11.3 Å². The van der Waals surface area contributed by atoms with Gasteiger partial charge in [0.05, 0.1) is 10.6 Å². The number of aryl methyl sites for hydroxylation is 1. The van der Waals surface area contributed by atoms with Crippen LogP contribution < -0.4 is 5.32 Å². The Hall–Kier alpha value is -0.940. The second-order valence-electron chi connectivity index (χ2n) is 3.74. The van der Waals surface area contributed by atoms with Crippen LogP contribution in [0.4, 0.5) is 5.95 Å². The standard InChI is InChI=1S/C12H14BrN3S/c1-3-5-14-12-15-8(2)7-10(16-12)11-9(13)4-6-17-11/h4,6-7H,3,5H2,1-2H3,(H,14,15,16). The first-order valence-electron chi connectivity index (χ1n) is 5.53. The SMILES string of the molecule is CCCNc1nc(C)cc(-c2sccc2Br)n1. The van der Waals surface area contributed by atoms with Gasteiger partial charge in [-0.1, -0.05) is 6.92 Å². The Labute approximate surface area is 113 Å². The van der Waals surface area contributed by atoms with E-state index < -0.39 is 0 Å². The fourth-order valence-electron chi connectivity index (χ4n) is 1.48. The zero-order chi connectivity index (χ0) is 12.3. The number of hydrogen-bond donors (Lipinski definition) is 1. The molecule has 0 radical (unpaired) electrons. The number of thiophene rings is 1. The smallest absolute Gasteiger partial charge is 0.223 e. The molecule has 5 heteroatoms. The van der Waals surface area contributed by atoms with Gasteiger partial charge in [0.1, 0.15) is 0 Å². The molecule has 2 aromatic rings. The van der Waals surface area contributed by atoms with Crippen molar-refractivity contribution in [3.05, 3.63) is 27.7 Å². The van der Waals surface area contributed by atoms with Crippen molar-refractivity contribution in [1.82, 2.24) is 9.97 Å². The highest BCUT2D eigenvalue weighted by Crippen LogP contribution is 2.32. The van der Waals surface area contributed by atoms with Crippen molar-refractivity contribution in [2.75, 3.05) is 11.9 Å². The van der Waals surface area contributed by atoms with E-state index in [4.69, 9.17) is 0 Å². The number of aromatic nitrogens is 2.